The van der Waals surface area contributed by atoms with Crippen LogP contribution in [0.5, 0.6) is 0 Å². The van der Waals surface area contributed by atoms with Crippen molar-refractivity contribution in [3.05, 3.63) is 40.0 Å². The van der Waals surface area contributed by atoms with Crippen molar-refractivity contribution in [3.63, 3.8) is 0 Å². The molecule has 2 aromatic heterocycles. The summed E-state index contributed by atoms with van der Waals surface area (Å²) in [6.07, 6.45) is 11.1. The molecule has 26 heavy (non-hydrogen) atoms. The van der Waals surface area contributed by atoms with Gasteiger partial charge in [0.2, 0.25) is 0 Å². The van der Waals surface area contributed by atoms with E-state index in [9.17, 15) is 9.59 Å². The van der Waals surface area contributed by atoms with Crippen molar-refractivity contribution < 1.29 is 9.59 Å². The number of rotatable bonds is 2. The number of fused-ring (bicyclic) bond motifs is 1. The molecule has 0 saturated heterocycles. The molecule has 0 bridgehead atoms. The Morgan fingerprint density at radius 2 is 1.46 bits per heavy atom. The number of amides is 2. The topological polar surface area (TPSA) is 63.2 Å². The zero-order chi connectivity index (χ0) is 17.7. The number of aromatic nitrogens is 2. The lowest BCUT2D eigenvalue weighted by Gasteiger charge is -2.16. The third kappa shape index (κ3) is 2.28. The van der Waals surface area contributed by atoms with Crippen LogP contribution in [0, 0.1) is 0 Å². The molecule has 5 nitrogen and oxygen atoms in total. The molecule has 3 heterocycles. The number of thiophene rings is 1. The third-order valence-electron chi connectivity index (χ3n) is 5.54. The highest BCUT2D eigenvalue weighted by Crippen LogP contribution is 2.47. The standard InChI is InChI=1S/C20H19N3O2S/c24-18-12-6-1-2-7-13(12)19(25)23(18)20-16(17-21-10-5-11-22-17)14-8-3-4-9-15(14)26-20/h5,10-11H,1-4,6-9H2. The summed E-state index contributed by atoms with van der Waals surface area (Å²) in [4.78, 5) is 37.7. The molecule has 3 aliphatic rings. The summed E-state index contributed by atoms with van der Waals surface area (Å²) < 4.78 is 0. The average molecular weight is 365 g/mol. The molecule has 2 aromatic rings. The maximum absolute atomic E-state index is 13.1. The van der Waals surface area contributed by atoms with E-state index in [4.69, 9.17) is 0 Å². The van der Waals surface area contributed by atoms with Gasteiger partial charge in [-0.25, -0.2) is 14.9 Å². The van der Waals surface area contributed by atoms with E-state index in [0.29, 0.717) is 5.82 Å². The third-order valence-corrected chi connectivity index (χ3v) is 6.81. The van der Waals surface area contributed by atoms with Crippen molar-refractivity contribution in [1.82, 2.24) is 9.97 Å². The van der Waals surface area contributed by atoms with Crippen molar-refractivity contribution in [2.75, 3.05) is 4.90 Å². The second kappa shape index (κ2) is 6.13. The molecule has 0 atom stereocenters. The molecule has 0 saturated carbocycles. The molecule has 0 radical (unpaired) electrons. The number of aryl methyl sites for hydroxylation is 1. The Morgan fingerprint density at radius 3 is 2.15 bits per heavy atom. The van der Waals surface area contributed by atoms with Crippen LogP contribution in [0.15, 0.2) is 29.6 Å². The summed E-state index contributed by atoms with van der Waals surface area (Å²) >= 11 is 1.58. The van der Waals surface area contributed by atoms with Gasteiger partial charge in [0.05, 0.1) is 5.56 Å². The summed E-state index contributed by atoms with van der Waals surface area (Å²) in [7, 11) is 0. The Morgan fingerprint density at radius 1 is 0.846 bits per heavy atom. The molecule has 132 valence electrons. The van der Waals surface area contributed by atoms with Gasteiger partial charge >= 0.3 is 0 Å². The highest BCUT2D eigenvalue weighted by atomic mass is 32.1. The normalized spacial score (nSPS) is 19.8. The quantitative estimate of drug-likeness (QED) is 0.759. The van der Waals surface area contributed by atoms with E-state index in [1.54, 1.807) is 29.8 Å². The van der Waals surface area contributed by atoms with Gasteiger partial charge < -0.3 is 0 Å². The van der Waals surface area contributed by atoms with Gasteiger partial charge in [0.15, 0.2) is 5.82 Å². The van der Waals surface area contributed by atoms with Crippen molar-refractivity contribution in [2.45, 2.75) is 51.4 Å². The van der Waals surface area contributed by atoms with E-state index < -0.39 is 0 Å². The number of anilines is 1. The van der Waals surface area contributed by atoms with Crippen LogP contribution in [0.2, 0.25) is 0 Å². The number of carbonyl (C=O) groups excluding carboxylic acids is 2. The molecule has 0 N–H and O–H groups in total. The predicted octanol–water partition coefficient (Wildman–Crippen LogP) is 3.83. The number of hydrogen-bond donors (Lipinski definition) is 0. The molecule has 0 fully saturated rings. The Labute approximate surface area is 155 Å². The molecule has 2 amide bonds. The Hall–Kier alpha value is -2.34. The number of imide groups is 1. The van der Waals surface area contributed by atoms with E-state index in [1.165, 1.54) is 15.3 Å². The van der Waals surface area contributed by atoms with Gasteiger partial charge in [0.1, 0.15) is 5.00 Å². The van der Waals surface area contributed by atoms with E-state index in [1.807, 2.05) is 0 Å². The fraction of sp³-hybridized carbons (Fsp3) is 0.400. The predicted molar refractivity (Wildman–Crippen MR) is 100.0 cm³/mol. The molecular formula is C20H19N3O2S. The number of hydrogen-bond acceptors (Lipinski definition) is 5. The highest BCUT2D eigenvalue weighted by Gasteiger charge is 2.42. The van der Waals surface area contributed by atoms with Gasteiger partial charge in [0.25, 0.3) is 11.8 Å². The van der Waals surface area contributed by atoms with Crippen LogP contribution >= 0.6 is 11.3 Å². The van der Waals surface area contributed by atoms with Gasteiger partial charge in [-0.2, -0.15) is 0 Å². The van der Waals surface area contributed by atoms with Crippen LogP contribution in [-0.2, 0) is 22.4 Å². The molecular weight excluding hydrogens is 346 g/mol. The first-order valence-electron chi connectivity index (χ1n) is 9.28. The van der Waals surface area contributed by atoms with Crippen LogP contribution in [0.1, 0.15) is 49.0 Å². The zero-order valence-electron chi connectivity index (χ0n) is 14.5. The lowest BCUT2D eigenvalue weighted by atomic mass is 9.93. The molecule has 0 unspecified atom stereocenters. The van der Waals surface area contributed by atoms with Crippen molar-refractivity contribution in [3.8, 4) is 11.4 Å². The van der Waals surface area contributed by atoms with Gasteiger partial charge in [-0.05, 0) is 63.0 Å². The maximum atomic E-state index is 13.1. The fourth-order valence-electron chi connectivity index (χ4n) is 4.29. The van der Waals surface area contributed by atoms with Crippen LogP contribution in [0.25, 0.3) is 11.4 Å². The number of nitrogens with zero attached hydrogens (tertiary/aromatic N) is 3. The van der Waals surface area contributed by atoms with E-state index in [2.05, 4.69) is 9.97 Å². The summed E-state index contributed by atoms with van der Waals surface area (Å²) in [6, 6.07) is 1.79. The largest absolute Gasteiger partial charge is 0.269 e. The summed E-state index contributed by atoms with van der Waals surface area (Å²) in [6.45, 7) is 0. The minimum Gasteiger partial charge on any atom is -0.269 e. The first-order valence-corrected chi connectivity index (χ1v) is 10.1. The Balaban J connectivity index is 1.67. The lowest BCUT2D eigenvalue weighted by molar-refractivity contribution is -0.120. The summed E-state index contributed by atoms with van der Waals surface area (Å²) in [5, 5.41) is 0.729. The summed E-state index contributed by atoms with van der Waals surface area (Å²) in [5.74, 6) is 0.369. The second-order valence-electron chi connectivity index (χ2n) is 7.07. The van der Waals surface area contributed by atoms with Crippen molar-refractivity contribution >= 4 is 28.2 Å². The van der Waals surface area contributed by atoms with Crippen molar-refractivity contribution in [2.24, 2.45) is 0 Å². The van der Waals surface area contributed by atoms with E-state index >= 15 is 0 Å². The maximum Gasteiger partial charge on any atom is 0.262 e. The Bertz CT molecular complexity index is 917. The minimum absolute atomic E-state index is 0.125. The smallest absolute Gasteiger partial charge is 0.262 e. The monoisotopic (exact) mass is 365 g/mol. The van der Waals surface area contributed by atoms with E-state index in [-0.39, 0.29) is 11.8 Å². The van der Waals surface area contributed by atoms with Crippen LogP contribution in [0.4, 0.5) is 5.00 Å². The highest BCUT2D eigenvalue weighted by molar-refractivity contribution is 7.17. The lowest BCUT2D eigenvalue weighted by Crippen LogP contribution is -2.31. The van der Waals surface area contributed by atoms with Gasteiger partial charge in [0, 0.05) is 28.4 Å². The van der Waals surface area contributed by atoms with Crippen LogP contribution < -0.4 is 4.90 Å². The first kappa shape index (κ1) is 15.9. The minimum atomic E-state index is -0.125. The van der Waals surface area contributed by atoms with Crippen molar-refractivity contribution in [1.29, 1.82) is 0 Å². The molecule has 1 aliphatic heterocycles. The van der Waals surface area contributed by atoms with Gasteiger partial charge in [-0.1, -0.05) is 0 Å². The van der Waals surface area contributed by atoms with Gasteiger partial charge in [-0.15, -0.1) is 11.3 Å². The molecule has 2 aliphatic carbocycles. The fourth-order valence-corrected chi connectivity index (χ4v) is 5.67. The Kier molecular flexibility index (Phi) is 3.74. The SMILES string of the molecule is O=C1C2=C(CCCC2)C(=O)N1c1sc2c(c1-c1ncccn1)CCCC2. The molecule has 0 spiro atoms. The number of carbonyl (C=O) groups is 2. The molecule has 0 aromatic carbocycles. The average Bonchev–Trinajstić information content (AvgIpc) is 3.18. The zero-order valence-corrected chi connectivity index (χ0v) is 15.3. The van der Waals surface area contributed by atoms with E-state index in [0.717, 1.165) is 73.1 Å². The van der Waals surface area contributed by atoms with Crippen LogP contribution in [-0.4, -0.2) is 21.8 Å². The first-order chi connectivity index (χ1) is 12.8. The van der Waals surface area contributed by atoms with Gasteiger partial charge in [-0.3, -0.25) is 9.59 Å². The molecule has 5 rings (SSSR count). The molecule has 6 heteroatoms. The summed E-state index contributed by atoms with van der Waals surface area (Å²) in [5.41, 5.74) is 3.58. The van der Waals surface area contributed by atoms with Crippen LogP contribution in [0.3, 0.4) is 0 Å². The second-order valence-corrected chi connectivity index (χ2v) is 8.16.